The fourth-order valence-electron chi connectivity index (χ4n) is 4.92. The Bertz CT molecular complexity index is 1250. The third-order valence-corrected chi connectivity index (χ3v) is 6.54. The molecule has 0 aliphatic carbocycles. The lowest BCUT2D eigenvalue weighted by molar-refractivity contribution is -0.384. The Morgan fingerprint density at radius 3 is 1.95 bits per heavy atom. The minimum atomic E-state index is -0.459. The van der Waals surface area contributed by atoms with Crippen LogP contribution in [0.25, 0.3) is 0 Å². The van der Waals surface area contributed by atoms with Crippen molar-refractivity contribution in [3.63, 3.8) is 0 Å². The molecule has 0 radical (unpaired) electrons. The van der Waals surface area contributed by atoms with Crippen LogP contribution in [0.4, 0.5) is 34.1 Å². The lowest BCUT2D eigenvalue weighted by Gasteiger charge is -2.38. The number of anilines is 5. The van der Waals surface area contributed by atoms with Gasteiger partial charge in [0.1, 0.15) is 5.75 Å². The molecule has 8 N–H and O–H groups in total. The van der Waals surface area contributed by atoms with Crippen molar-refractivity contribution >= 4 is 34.1 Å². The fourth-order valence-corrected chi connectivity index (χ4v) is 4.92. The highest BCUT2D eigenvalue weighted by Gasteiger charge is 2.27. The van der Waals surface area contributed by atoms with Gasteiger partial charge in [-0.15, -0.1) is 0 Å². The monoisotopic (exact) mass is 552 g/mol. The quantitative estimate of drug-likeness (QED) is 0.189. The molecule has 2 heterocycles. The van der Waals surface area contributed by atoms with Crippen LogP contribution >= 0.6 is 0 Å². The van der Waals surface area contributed by atoms with Gasteiger partial charge in [-0.3, -0.25) is 10.1 Å². The smallest absolute Gasteiger partial charge is 0.269 e. The van der Waals surface area contributed by atoms with Gasteiger partial charge in [0, 0.05) is 68.3 Å². The number of methoxy groups -OCH3 is 2. The average molecular weight is 553 g/mol. The number of nitro benzene ring substituents is 1. The van der Waals surface area contributed by atoms with E-state index in [0.29, 0.717) is 28.7 Å². The number of non-ortho nitro benzene ring substituents is 1. The highest BCUT2D eigenvalue weighted by atomic mass is 16.6. The third-order valence-electron chi connectivity index (χ3n) is 6.54. The predicted octanol–water partition coefficient (Wildman–Crippen LogP) is 5.39. The minimum absolute atomic E-state index is 0.0641. The van der Waals surface area contributed by atoms with Gasteiger partial charge in [0.25, 0.3) is 5.69 Å². The topological polar surface area (TPSA) is 169 Å². The molecule has 2 aliphatic heterocycles. The Labute approximate surface area is 237 Å². The van der Waals surface area contributed by atoms with Gasteiger partial charge in [-0.05, 0) is 78.6 Å². The molecule has 2 aliphatic rings. The lowest BCUT2D eigenvalue weighted by atomic mass is 9.84. The van der Waals surface area contributed by atoms with Gasteiger partial charge in [-0.1, -0.05) is 13.8 Å². The number of ether oxygens (including phenoxy) is 2. The maximum absolute atomic E-state index is 10.1. The molecule has 0 saturated carbocycles. The summed E-state index contributed by atoms with van der Waals surface area (Å²) in [7, 11) is 4.81. The van der Waals surface area contributed by atoms with Crippen molar-refractivity contribution in [3.8, 4) is 5.75 Å². The summed E-state index contributed by atoms with van der Waals surface area (Å²) in [5, 5.41) is 10.1. The van der Waals surface area contributed by atoms with Gasteiger partial charge in [-0.2, -0.15) is 0 Å². The van der Waals surface area contributed by atoms with Crippen molar-refractivity contribution in [2.75, 3.05) is 62.3 Å². The number of nitrogens with zero attached hydrogens (tertiary/aromatic N) is 2. The van der Waals surface area contributed by atoms with E-state index >= 15 is 0 Å². The van der Waals surface area contributed by atoms with Crippen molar-refractivity contribution in [3.05, 3.63) is 75.3 Å². The molecule has 218 valence electrons. The Kier molecular flexibility index (Phi) is 12.3. The van der Waals surface area contributed by atoms with Crippen molar-refractivity contribution < 1.29 is 14.4 Å². The SMILES string of the molecule is CC(C)c1c(N)cc2c3c1CCCN3CCC2.COC.COc1cc(N)ccc1N.Nc1ccc([N+](=O)[O-])cc1. The molecule has 10 nitrogen and oxygen atoms in total. The molecule has 0 bridgehead atoms. The van der Waals surface area contributed by atoms with E-state index < -0.39 is 4.92 Å². The van der Waals surface area contributed by atoms with Gasteiger partial charge in [0.2, 0.25) is 0 Å². The summed E-state index contributed by atoms with van der Waals surface area (Å²) < 4.78 is 9.17. The summed E-state index contributed by atoms with van der Waals surface area (Å²) in [6.07, 6.45) is 5.00. The molecule has 10 heteroatoms. The molecule has 3 aromatic carbocycles. The molecule has 0 spiro atoms. The number of nitro groups is 1. The first-order valence-corrected chi connectivity index (χ1v) is 13.3. The summed E-state index contributed by atoms with van der Waals surface area (Å²) in [6, 6.07) is 13.1. The van der Waals surface area contributed by atoms with E-state index in [1.165, 1.54) is 74.2 Å². The number of aryl methyl sites for hydroxylation is 1. The van der Waals surface area contributed by atoms with Gasteiger partial charge >= 0.3 is 0 Å². The number of nitrogens with two attached hydrogens (primary N) is 4. The van der Waals surface area contributed by atoms with Gasteiger partial charge in [0.15, 0.2) is 0 Å². The first-order valence-electron chi connectivity index (χ1n) is 13.3. The van der Waals surface area contributed by atoms with Crippen LogP contribution in [-0.4, -0.2) is 39.3 Å². The Balaban J connectivity index is 0.000000211. The van der Waals surface area contributed by atoms with E-state index in [4.69, 9.17) is 27.7 Å². The van der Waals surface area contributed by atoms with Crippen molar-refractivity contribution in [1.82, 2.24) is 0 Å². The highest BCUT2D eigenvalue weighted by Crippen LogP contribution is 2.42. The predicted molar refractivity (Wildman–Crippen MR) is 166 cm³/mol. The molecule has 40 heavy (non-hydrogen) atoms. The van der Waals surface area contributed by atoms with E-state index in [2.05, 4.69) is 29.6 Å². The van der Waals surface area contributed by atoms with E-state index in [0.717, 1.165) is 5.69 Å². The van der Waals surface area contributed by atoms with Crippen molar-refractivity contribution in [2.45, 2.75) is 45.4 Å². The van der Waals surface area contributed by atoms with Crippen LogP contribution in [0.5, 0.6) is 5.75 Å². The molecule has 0 fully saturated rings. The summed E-state index contributed by atoms with van der Waals surface area (Å²) in [4.78, 5) is 12.2. The molecule has 0 amide bonds. The average Bonchev–Trinajstić information content (AvgIpc) is 2.91. The van der Waals surface area contributed by atoms with E-state index in [-0.39, 0.29) is 5.69 Å². The summed E-state index contributed by atoms with van der Waals surface area (Å²) in [5.74, 6) is 1.16. The number of rotatable bonds is 3. The normalized spacial score (nSPS) is 12.9. The van der Waals surface area contributed by atoms with Gasteiger partial charge < -0.3 is 37.3 Å². The molecular formula is C30H44N6O4. The summed E-state index contributed by atoms with van der Waals surface area (Å²) in [5.41, 5.74) is 31.5. The lowest BCUT2D eigenvalue weighted by Crippen LogP contribution is -2.35. The van der Waals surface area contributed by atoms with Crippen LogP contribution in [0.1, 0.15) is 49.3 Å². The second-order valence-electron chi connectivity index (χ2n) is 9.97. The van der Waals surface area contributed by atoms with Crippen LogP contribution in [0.15, 0.2) is 48.5 Å². The van der Waals surface area contributed by atoms with Crippen LogP contribution in [0, 0.1) is 10.1 Å². The van der Waals surface area contributed by atoms with E-state index in [9.17, 15) is 10.1 Å². The largest absolute Gasteiger partial charge is 0.495 e. The fraction of sp³-hybridized carbons (Fsp3) is 0.400. The van der Waals surface area contributed by atoms with Crippen molar-refractivity contribution in [1.29, 1.82) is 0 Å². The molecule has 3 aromatic rings. The maximum atomic E-state index is 10.1. The minimum Gasteiger partial charge on any atom is -0.495 e. The van der Waals surface area contributed by atoms with Crippen LogP contribution in [0.3, 0.4) is 0 Å². The second-order valence-corrected chi connectivity index (χ2v) is 9.97. The van der Waals surface area contributed by atoms with E-state index in [1.54, 1.807) is 50.8 Å². The standard InChI is InChI=1S/C15H22N2.C7H10N2O.C6H6N2O2.C2H6O/c1-10(2)14-12-6-4-8-17-7-3-5-11(15(12)17)9-13(14)16;1-10-7-4-5(8)2-3-6(7)9;7-5-1-3-6(4-2-5)8(9)10;1-3-2/h9-10H,3-8,16H2,1-2H3;2-4H,8-9H2,1H3;1-4H,7H2;1-2H3. The molecular weight excluding hydrogens is 508 g/mol. The first kappa shape index (κ1) is 32.0. The number of hydrogen-bond acceptors (Lipinski definition) is 9. The molecule has 0 unspecified atom stereocenters. The van der Waals surface area contributed by atoms with E-state index in [1.807, 2.05) is 0 Å². The molecule has 5 rings (SSSR count). The van der Waals surface area contributed by atoms with Crippen LogP contribution < -0.4 is 32.6 Å². The zero-order valence-electron chi connectivity index (χ0n) is 24.3. The molecule has 0 saturated heterocycles. The molecule has 0 atom stereocenters. The van der Waals surface area contributed by atoms with Crippen LogP contribution in [0.2, 0.25) is 0 Å². The second kappa shape index (κ2) is 15.4. The number of benzene rings is 3. The Morgan fingerprint density at radius 2 is 1.43 bits per heavy atom. The van der Waals surface area contributed by atoms with Gasteiger partial charge in [-0.25, -0.2) is 0 Å². The highest BCUT2D eigenvalue weighted by molar-refractivity contribution is 5.72. The maximum Gasteiger partial charge on any atom is 0.269 e. The molecule has 0 aromatic heterocycles. The Morgan fingerprint density at radius 1 is 0.850 bits per heavy atom. The van der Waals surface area contributed by atoms with Gasteiger partial charge in [0.05, 0.1) is 17.7 Å². The summed E-state index contributed by atoms with van der Waals surface area (Å²) >= 11 is 0. The summed E-state index contributed by atoms with van der Waals surface area (Å²) in [6.45, 7) is 7.00. The van der Waals surface area contributed by atoms with Crippen molar-refractivity contribution in [2.24, 2.45) is 0 Å². The Hall–Kier alpha value is -4.18. The first-order chi connectivity index (χ1) is 19.0. The zero-order valence-corrected chi connectivity index (χ0v) is 24.3. The number of nitrogen functional groups attached to an aromatic ring is 4. The third kappa shape index (κ3) is 8.67. The zero-order chi connectivity index (χ0) is 29.8. The van der Waals surface area contributed by atoms with Crippen LogP contribution in [-0.2, 0) is 17.6 Å². The number of hydrogen-bond donors (Lipinski definition) is 4.